The Morgan fingerprint density at radius 3 is 3.00 bits per heavy atom. The molecule has 0 aliphatic rings. The number of halogens is 2. The van der Waals surface area contributed by atoms with Gasteiger partial charge in [-0.05, 0) is 18.2 Å². The number of carboxylic acid groups (broad SMARTS) is 1. The van der Waals surface area contributed by atoms with Crippen LogP contribution in [0, 0.1) is 5.82 Å². The van der Waals surface area contributed by atoms with Gasteiger partial charge in [-0.3, -0.25) is 9.36 Å². The molecule has 0 unspecified atom stereocenters. The molecule has 0 atom stereocenters. The number of thioether (sulfide) groups is 1. The molecule has 0 aliphatic carbocycles. The zero-order chi connectivity index (χ0) is 13.1. The van der Waals surface area contributed by atoms with Crippen molar-refractivity contribution in [1.29, 1.82) is 0 Å². The highest BCUT2D eigenvalue weighted by Gasteiger charge is 2.11. The van der Waals surface area contributed by atoms with E-state index >= 15 is 0 Å². The van der Waals surface area contributed by atoms with Gasteiger partial charge < -0.3 is 5.11 Å². The highest BCUT2D eigenvalue weighted by atomic mass is 35.5. The van der Waals surface area contributed by atoms with Crippen molar-refractivity contribution >= 4 is 29.3 Å². The average Bonchev–Trinajstić information content (AvgIpc) is 2.74. The highest BCUT2D eigenvalue weighted by molar-refractivity contribution is 7.99. The minimum Gasteiger partial charge on any atom is -0.481 e. The molecule has 0 spiro atoms. The van der Waals surface area contributed by atoms with Crippen LogP contribution in [0.4, 0.5) is 4.39 Å². The molecule has 1 N–H and O–H groups in total. The van der Waals surface area contributed by atoms with Crippen LogP contribution in [0.25, 0.3) is 5.69 Å². The lowest BCUT2D eigenvalue weighted by Gasteiger charge is -2.07. The van der Waals surface area contributed by atoms with E-state index in [0.717, 1.165) is 11.8 Å². The van der Waals surface area contributed by atoms with Gasteiger partial charge in [-0.1, -0.05) is 23.4 Å². The highest BCUT2D eigenvalue weighted by Crippen LogP contribution is 2.24. The van der Waals surface area contributed by atoms with Gasteiger partial charge in [0.15, 0.2) is 5.16 Å². The third-order valence-electron chi connectivity index (χ3n) is 2.10. The quantitative estimate of drug-likeness (QED) is 0.878. The van der Waals surface area contributed by atoms with Gasteiger partial charge in [-0.25, -0.2) is 9.37 Å². The summed E-state index contributed by atoms with van der Waals surface area (Å²) in [4.78, 5) is 14.5. The minimum absolute atomic E-state index is 0.133. The smallest absolute Gasteiger partial charge is 0.313 e. The molecule has 0 saturated carbocycles. The van der Waals surface area contributed by atoms with Crippen molar-refractivity contribution in [3.63, 3.8) is 0 Å². The van der Waals surface area contributed by atoms with Crippen LogP contribution in [0.15, 0.2) is 35.7 Å². The first-order valence-corrected chi connectivity index (χ1v) is 6.27. The number of carbonyl (C=O) groups is 1. The normalized spacial score (nSPS) is 10.6. The van der Waals surface area contributed by atoms with Gasteiger partial charge in [0.05, 0.1) is 11.4 Å². The molecule has 0 aliphatic heterocycles. The predicted molar refractivity (Wildman–Crippen MR) is 66.9 cm³/mol. The third-order valence-corrected chi connectivity index (χ3v) is 3.29. The maximum Gasteiger partial charge on any atom is 0.313 e. The van der Waals surface area contributed by atoms with E-state index in [-0.39, 0.29) is 11.4 Å². The first kappa shape index (κ1) is 12.9. The van der Waals surface area contributed by atoms with Gasteiger partial charge >= 0.3 is 5.97 Å². The summed E-state index contributed by atoms with van der Waals surface area (Å²) in [5.74, 6) is -1.57. The molecule has 7 heteroatoms. The number of hydrogen-bond donors (Lipinski definition) is 1. The van der Waals surface area contributed by atoms with E-state index in [4.69, 9.17) is 16.7 Å². The van der Waals surface area contributed by atoms with Gasteiger partial charge in [-0.2, -0.15) is 0 Å². The molecular weight excluding hydrogens is 279 g/mol. The second-order valence-corrected chi connectivity index (χ2v) is 4.74. The van der Waals surface area contributed by atoms with E-state index in [0.29, 0.717) is 10.2 Å². The Bertz CT molecular complexity index is 588. The number of benzene rings is 1. The molecule has 0 bridgehead atoms. The number of aliphatic carboxylic acids is 1. The van der Waals surface area contributed by atoms with E-state index in [2.05, 4.69) is 4.98 Å². The Balaban J connectivity index is 2.33. The van der Waals surface area contributed by atoms with Crippen LogP contribution in [0.3, 0.4) is 0 Å². The molecule has 0 radical (unpaired) electrons. The summed E-state index contributed by atoms with van der Waals surface area (Å²) in [5.41, 5.74) is 0.282. The zero-order valence-electron chi connectivity index (χ0n) is 9.01. The Hall–Kier alpha value is -1.53. The van der Waals surface area contributed by atoms with E-state index in [1.165, 1.54) is 22.9 Å². The lowest BCUT2D eigenvalue weighted by molar-refractivity contribution is -0.133. The summed E-state index contributed by atoms with van der Waals surface area (Å²) in [5, 5.41) is 9.33. The van der Waals surface area contributed by atoms with Crippen molar-refractivity contribution in [1.82, 2.24) is 9.55 Å². The maximum atomic E-state index is 13.7. The van der Waals surface area contributed by atoms with Crippen LogP contribution >= 0.6 is 23.4 Å². The number of rotatable bonds is 4. The summed E-state index contributed by atoms with van der Waals surface area (Å²) in [6, 6.07) is 4.28. The van der Waals surface area contributed by atoms with Gasteiger partial charge in [0.25, 0.3) is 0 Å². The first-order chi connectivity index (χ1) is 8.58. The van der Waals surface area contributed by atoms with Crippen LogP contribution in [0.1, 0.15) is 0 Å². The molecular formula is C11H8ClFN2O2S. The summed E-state index contributed by atoms with van der Waals surface area (Å²) in [6.07, 6.45) is 3.05. The molecule has 0 fully saturated rings. The molecule has 18 heavy (non-hydrogen) atoms. The average molecular weight is 287 g/mol. The van der Waals surface area contributed by atoms with Crippen LogP contribution in [0.2, 0.25) is 5.02 Å². The molecule has 0 saturated heterocycles. The molecule has 0 amide bonds. The number of hydrogen-bond acceptors (Lipinski definition) is 3. The van der Waals surface area contributed by atoms with E-state index in [9.17, 15) is 9.18 Å². The Labute approximate surface area is 111 Å². The molecule has 4 nitrogen and oxygen atoms in total. The fourth-order valence-electron chi connectivity index (χ4n) is 1.38. The first-order valence-electron chi connectivity index (χ1n) is 4.91. The Kier molecular flexibility index (Phi) is 3.88. The topological polar surface area (TPSA) is 55.1 Å². The summed E-state index contributed by atoms with van der Waals surface area (Å²) in [7, 11) is 0. The molecule has 1 aromatic heterocycles. The fraction of sp³-hybridized carbons (Fsp3) is 0.0909. The number of aromatic nitrogens is 2. The summed E-state index contributed by atoms with van der Waals surface area (Å²) < 4.78 is 15.2. The summed E-state index contributed by atoms with van der Waals surface area (Å²) >= 11 is 6.70. The van der Waals surface area contributed by atoms with Gasteiger partial charge in [0, 0.05) is 17.4 Å². The number of nitrogens with zero attached hydrogens (tertiary/aromatic N) is 2. The Morgan fingerprint density at radius 1 is 1.56 bits per heavy atom. The Morgan fingerprint density at radius 2 is 2.33 bits per heavy atom. The van der Waals surface area contributed by atoms with Gasteiger partial charge in [-0.15, -0.1) is 0 Å². The molecule has 1 aromatic carbocycles. The van der Waals surface area contributed by atoms with E-state index in [1.54, 1.807) is 12.3 Å². The SMILES string of the molecule is O=C(O)CSc1nccn1-c1ccc(Cl)cc1F. The third kappa shape index (κ3) is 2.83. The minimum atomic E-state index is -0.953. The molecule has 2 rings (SSSR count). The largest absolute Gasteiger partial charge is 0.481 e. The lowest BCUT2D eigenvalue weighted by atomic mass is 10.3. The molecule has 2 aromatic rings. The van der Waals surface area contributed by atoms with Crippen LogP contribution in [-0.4, -0.2) is 26.4 Å². The lowest BCUT2D eigenvalue weighted by Crippen LogP contribution is -2.02. The van der Waals surface area contributed by atoms with Crippen molar-refractivity contribution in [2.75, 3.05) is 5.75 Å². The van der Waals surface area contributed by atoms with Gasteiger partial charge in [0.2, 0.25) is 0 Å². The van der Waals surface area contributed by atoms with E-state index in [1.807, 2.05) is 0 Å². The van der Waals surface area contributed by atoms with Crippen molar-refractivity contribution in [2.24, 2.45) is 0 Å². The van der Waals surface area contributed by atoms with Crippen LogP contribution in [-0.2, 0) is 4.79 Å². The van der Waals surface area contributed by atoms with Crippen LogP contribution in [0.5, 0.6) is 0 Å². The zero-order valence-corrected chi connectivity index (χ0v) is 10.6. The maximum absolute atomic E-state index is 13.7. The molecule has 94 valence electrons. The standard InChI is InChI=1S/C11H8ClFN2O2S/c12-7-1-2-9(8(13)5-7)15-4-3-14-11(15)18-6-10(16)17/h1-5H,6H2,(H,16,17). The second-order valence-electron chi connectivity index (χ2n) is 3.36. The van der Waals surface area contributed by atoms with Gasteiger partial charge in [0.1, 0.15) is 5.82 Å². The predicted octanol–water partition coefficient (Wildman–Crippen LogP) is 2.84. The summed E-state index contributed by atoms with van der Waals surface area (Å²) in [6.45, 7) is 0. The van der Waals surface area contributed by atoms with E-state index < -0.39 is 11.8 Å². The fourth-order valence-corrected chi connectivity index (χ4v) is 2.23. The second kappa shape index (κ2) is 5.41. The molecule has 1 heterocycles. The van der Waals surface area contributed by atoms with Crippen molar-refractivity contribution in [3.05, 3.63) is 41.4 Å². The van der Waals surface area contributed by atoms with Crippen molar-refractivity contribution in [3.8, 4) is 5.69 Å². The van der Waals surface area contributed by atoms with Crippen LogP contribution < -0.4 is 0 Å². The van der Waals surface area contributed by atoms with Crippen molar-refractivity contribution < 1.29 is 14.3 Å². The van der Waals surface area contributed by atoms with Crippen molar-refractivity contribution in [2.45, 2.75) is 5.16 Å². The number of carboxylic acids is 1. The monoisotopic (exact) mass is 286 g/mol. The number of imidazole rings is 1.